The van der Waals surface area contributed by atoms with Crippen molar-refractivity contribution in [2.24, 2.45) is 0 Å². The van der Waals surface area contributed by atoms with Crippen LogP contribution in [0.2, 0.25) is 0 Å². The van der Waals surface area contributed by atoms with Crippen LogP contribution in [0.4, 0.5) is 13.2 Å². The summed E-state index contributed by atoms with van der Waals surface area (Å²) in [5.41, 5.74) is 1.45. The monoisotopic (exact) mass is 537 g/mol. The van der Waals surface area contributed by atoms with Crippen LogP contribution in [0.1, 0.15) is 56.2 Å². The van der Waals surface area contributed by atoms with Gasteiger partial charge in [0.25, 0.3) is 0 Å². The summed E-state index contributed by atoms with van der Waals surface area (Å²) in [5, 5.41) is 14.1. The minimum Gasteiger partial charge on any atom is -0.478 e. The molecular formula is C30H30F3N3O3. The van der Waals surface area contributed by atoms with Crippen LogP contribution in [-0.4, -0.2) is 44.0 Å². The van der Waals surface area contributed by atoms with Crippen molar-refractivity contribution in [1.29, 1.82) is 0 Å². The molecule has 0 aliphatic carbocycles. The topological polar surface area (TPSA) is 71.5 Å². The Bertz CT molecular complexity index is 1560. The molecule has 9 heteroatoms. The Kier molecular flexibility index (Phi) is 6.88. The van der Waals surface area contributed by atoms with Crippen molar-refractivity contribution >= 4 is 23.0 Å². The first-order chi connectivity index (χ1) is 18.4. The largest absolute Gasteiger partial charge is 0.478 e. The molecule has 5 rings (SSSR count). The number of nitrogens with zero attached hydrogens (tertiary/aromatic N) is 3. The van der Waals surface area contributed by atoms with E-state index in [2.05, 4.69) is 5.10 Å². The quantitative estimate of drug-likeness (QED) is 0.263. The van der Waals surface area contributed by atoms with Gasteiger partial charge in [-0.05, 0) is 75.6 Å². The Morgan fingerprint density at radius 1 is 1.21 bits per heavy atom. The molecule has 2 atom stereocenters. The molecule has 0 amide bonds. The molecule has 2 aromatic carbocycles. The van der Waals surface area contributed by atoms with Crippen LogP contribution in [0.3, 0.4) is 0 Å². The molecule has 0 fully saturated rings. The average molecular weight is 538 g/mol. The van der Waals surface area contributed by atoms with Gasteiger partial charge in [0.05, 0.1) is 6.20 Å². The zero-order valence-corrected chi connectivity index (χ0v) is 22.2. The number of furan rings is 1. The Morgan fingerprint density at radius 2 is 1.92 bits per heavy atom. The normalized spacial score (nSPS) is 18.2. The summed E-state index contributed by atoms with van der Waals surface area (Å²) < 4.78 is 54.4. The minimum absolute atomic E-state index is 0.0690. The average Bonchev–Trinajstić information content (AvgIpc) is 3.48. The Labute approximate surface area is 224 Å². The summed E-state index contributed by atoms with van der Waals surface area (Å²) in [7, 11) is 0. The molecule has 39 heavy (non-hydrogen) atoms. The van der Waals surface area contributed by atoms with E-state index in [1.54, 1.807) is 11.1 Å². The third-order valence-corrected chi connectivity index (χ3v) is 7.11. The first-order valence-corrected chi connectivity index (χ1v) is 12.9. The van der Waals surface area contributed by atoms with Gasteiger partial charge in [-0.25, -0.2) is 18.0 Å². The molecule has 204 valence electrons. The van der Waals surface area contributed by atoms with Crippen molar-refractivity contribution in [2.75, 3.05) is 6.54 Å². The maximum atomic E-state index is 15.6. The molecule has 0 unspecified atom stereocenters. The lowest BCUT2D eigenvalue weighted by molar-refractivity contribution is -0.131. The van der Waals surface area contributed by atoms with E-state index in [1.807, 2.05) is 42.9 Å². The van der Waals surface area contributed by atoms with Gasteiger partial charge in [0, 0.05) is 53.5 Å². The zero-order valence-electron chi connectivity index (χ0n) is 22.2. The fourth-order valence-electron chi connectivity index (χ4n) is 5.39. The van der Waals surface area contributed by atoms with Crippen molar-refractivity contribution in [3.05, 3.63) is 82.9 Å². The van der Waals surface area contributed by atoms with Gasteiger partial charge in [-0.15, -0.1) is 0 Å². The number of hydrogen-bond acceptors (Lipinski definition) is 4. The molecule has 0 bridgehead atoms. The first kappa shape index (κ1) is 26.7. The summed E-state index contributed by atoms with van der Waals surface area (Å²) in [6.07, 6.45) is 6.19. The zero-order chi connectivity index (χ0) is 28.1. The number of benzene rings is 2. The van der Waals surface area contributed by atoms with Crippen molar-refractivity contribution < 1.29 is 27.5 Å². The molecule has 6 nitrogen and oxygen atoms in total. The van der Waals surface area contributed by atoms with Gasteiger partial charge < -0.3 is 9.52 Å². The van der Waals surface area contributed by atoms with Crippen LogP contribution in [0, 0.1) is 11.6 Å². The number of halogens is 3. The van der Waals surface area contributed by atoms with E-state index in [0.717, 1.165) is 52.9 Å². The molecular weight excluding hydrogens is 507 g/mol. The fraction of sp³-hybridized carbons (Fsp3) is 0.333. The summed E-state index contributed by atoms with van der Waals surface area (Å²) in [5.74, 6) is -2.58. The van der Waals surface area contributed by atoms with Gasteiger partial charge in [-0.1, -0.05) is 6.07 Å². The Balaban J connectivity index is 1.68. The highest BCUT2D eigenvalue weighted by Gasteiger charge is 2.42. The van der Waals surface area contributed by atoms with Gasteiger partial charge in [0.2, 0.25) is 0 Å². The van der Waals surface area contributed by atoms with Gasteiger partial charge in [-0.2, -0.15) is 5.10 Å². The van der Waals surface area contributed by atoms with Crippen LogP contribution in [0.15, 0.2) is 53.2 Å². The lowest BCUT2D eigenvalue weighted by Gasteiger charge is -2.42. The summed E-state index contributed by atoms with van der Waals surface area (Å²) >= 11 is 0. The van der Waals surface area contributed by atoms with E-state index < -0.39 is 29.3 Å². The van der Waals surface area contributed by atoms with Crippen molar-refractivity contribution in [2.45, 2.75) is 58.4 Å². The van der Waals surface area contributed by atoms with Crippen LogP contribution in [-0.2, 0) is 17.8 Å². The van der Waals surface area contributed by atoms with Gasteiger partial charge >= 0.3 is 5.97 Å². The molecule has 3 heterocycles. The van der Waals surface area contributed by atoms with E-state index in [4.69, 9.17) is 9.52 Å². The minimum atomic E-state index is -1.64. The van der Waals surface area contributed by atoms with Crippen LogP contribution in [0.25, 0.3) is 28.2 Å². The Morgan fingerprint density at radius 3 is 2.54 bits per heavy atom. The molecule has 1 aliphatic heterocycles. The van der Waals surface area contributed by atoms with Crippen LogP contribution >= 0.6 is 0 Å². The second kappa shape index (κ2) is 10.0. The summed E-state index contributed by atoms with van der Waals surface area (Å²) in [6.45, 7) is 7.45. The third-order valence-electron chi connectivity index (χ3n) is 7.11. The lowest BCUT2D eigenvalue weighted by Crippen LogP contribution is -2.48. The summed E-state index contributed by atoms with van der Waals surface area (Å²) in [4.78, 5) is 12.6. The predicted octanol–water partition coefficient (Wildman–Crippen LogP) is 6.78. The highest BCUT2D eigenvalue weighted by molar-refractivity contribution is 5.88. The number of aryl methyl sites for hydroxylation is 1. The van der Waals surface area contributed by atoms with E-state index in [0.29, 0.717) is 17.8 Å². The smallest absolute Gasteiger partial charge is 0.328 e. The van der Waals surface area contributed by atoms with Crippen LogP contribution in [0.5, 0.6) is 0 Å². The predicted molar refractivity (Wildman–Crippen MR) is 143 cm³/mol. The second-order valence-electron chi connectivity index (χ2n) is 10.7. The lowest BCUT2D eigenvalue weighted by atomic mass is 9.87. The van der Waals surface area contributed by atoms with Crippen molar-refractivity contribution in [1.82, 2.24) is 14.7 Å². The third kappa shape index (κ3) is 5.23. The summed E-state index contributed by atoms with van der Waals surface area (Å²) in [6, 6.07) is 6.65. The number of carbonyl (C=O) groups is 1. The van der Waals surface area contributed by atoms with Gasteiger partial charge in [0.1, 0.15) is 34.7 Å². The van der Waals surface area contributed by atoms with Gasteiger partial charge in [0.15, 0.2) is 0 Å². The number of aromatic nitrogens is 2. The maximum absolute atomic E-state index is 15.6. The maximum Gasteiger partial charge on any atom is 0.328 e. The molecule has 2 aromatic heterocycles. The standard InChI is InChI=1S/C30H30F3N3O3/c1-5-35-15-20(14-34-35)19-7-8-25-21(13-19)22-10-17(2)36(16-30(3,4)33)28(29(22)39-25)27-23(31)11-18(12-24(27)32)6-9-26(37)38/h6-9,11-15,17,28H,5,10,16H2,1-4H3,(H,37,38)/b9-6+/t17-,28+/m0/s1. The molecule has 0 saturated heterocycles. The SMILES string of the molecule is CCn1cc(-c2ccc3oc4c(c3c2)C[C@H](C)N(CC(C)(C)F)[C@@H]4c2c(F)cc(/C=C/C(=O)O)cc2F)cn1. The van der Waals surface area contributed by atoms with E-state index in [-0.39, 0.29) is 23.7 Å². The van der Waals surface area contributed by atoms with E-state index >= 15 is 8.78 Å². The molecule has 0 radical (unpaired) electrons. The highest BCUT2D eigenvalue weighted by atomic mass is 19.1. The molecule has 0 spiro atoms. The molecule has 1 aliphatic rings. The van der Waals surface area contributed by atoms with Crippen molar-refractivity contribution in [3.8, 4) is 11.1 Å². The number of rotatable bonds is 7. The molecule has 4 aromatic rings. The number of carboxylic acids is 1. The van der Waals surface area contributed by atoms with Crippen LogP contribution < -0.4 is 0 Å². The van der Waals surface area contributed by atoms with E-state index in [1.165, 1.54) is 13.8 Å². The number of hydrogen-bond donors (Lipinski definition) is 1. The molecule has 1 N–H and O–H groups in total. The number of fused-ring (bicyclic) bond motifs is 3. The van der Waals surface area contributed by atoms with Gasteiger partial charge in [-0.3, -0.25) is 9.58 Å². The highest BCUT2D eigenvalue weighted by Crippen LogP contribution is 2.45. The Hall–Kier alpha value is -3.85. The fourth-order valence-corrected chi connectivity index (χ4v) is 5.39. The number of carboxylic acid groups (broad SMARTS) is 1. The molecule has 0 saturated carbocycles. The first-order valence-electron chi connectivity index (χ1n) is 12.9. The number of alkyl halides is 1. The number of aliphatic carboxylic acids is 1. The second-order valence-corrected chi connectivity index (χ2v) is 10.7. The van der Waals surface area contributed by atoms with E-state index in [9.17, 15) is 9.18 Å². The van der Waals surface area contributed by atoms with Crippen molar-refractivity contribution in [3.63, 3.8) is 0 Å².